The predicted octanol–water partition coefficient (Wildman–Crippen LogP) is 0.440. The van der Waals surface area contributed by atoms with E-state index in [4.69, 9.17) is 5.73 Å². The second-order valence-corrected chi connectivity index (χ2v) is 2.94. The Hall–Kier alpha value is -1.38. The molecule has 1 heterocycles. The standard InChI is InChI=1S/C10H15N3/c1-4-7(3)9-8(5-2)10(11)13-6-12-9/h5-6H,4H2,1-3H3,(H2,11,12,13)/b8-5+,9-7-. The number of nitrogens with zero attached hydrogens (tertiary/aromatic N) is 2. The first kappa shape index (κ1) is 9.71. The van der Waals surface area contributed by atoms with Gasteiger partial charge in [-0.05, 0) is 25.8 Å². The summed E-state index contributed by atoms with van der Waals surface area (Å²) in [7, 11) is 0. The molecule has 0 aliphatic carbocycles. The molecule has 0 unspecified atom stereocenters. The smallest absolute Gasteiger partial charge is 0.134 e. The minimum atomic E-state index is 0.556. The van der Waals surface area contributed by atoms with Gasteiger partial charge in [0.05, 0.1) is 5.35 Å². The molecule has 0 saturated heterocycles. The number of hydrogen-bond donors (Lipinski definition) is 1. The third-order valence-electron chi connectivity index (χ3n) is 2.14. The monoisotopic (exact) mass is 177 g/mol. The van der Waals surface area contributed by atoms with Gasteiger partial charge in [0.1, 0.15) is 12.1 Å². The van der Waals surface area contributed by atoms with Gasteiger partial charge >= 0.3 is 0 Å². The number of anilines is 1. The molecule has 3 nitrogen and oxygen atoms in total. The Morgan fingerprint density at radius 3 is 2.77 bits per heavy atom. The SMILES string of the molecule is C/C=c1/c(N)ncn/c1=C(/C)CC. The Kier molecular flexibility index (Phi) is 3.01. The third kappa shape index (κ3) is 1.86. The molecule has 1 aromatic heterocycles. The first-order valence-electron chi connectivity index (χ1n) is 4.43. The minimum Gasteiger partial charge on any atom is -0.383 e. The molecule has 0 saturated carbocycles. The largest absolute Gasteiger partial charge is 0.383 e. The Labute approximate surface area is 78.0 Å². The average molecular weight is 177 g/mol. The molecule has 1 aromatic rings. The molecule has 0 amide bonds. The summed E-state index contributed by atoms with van der Waals surface area (Å²) >= 11 is 0. The molecule has 0 aliphatic heterocycles. The van der Waals surface area contributed by atoms with E-state index in [0.717, 1.165) is 17.0 Å². The van der Waals surface area contributed by atoms with Crippen molar-refractivity contribution in [1.29, 1.82) is 0 Å². The lowest BCUT2D eigenvalue weighted by molar-refractivity contribution is 1.07. The molecule has 70 valence electrons. The number of rotatable bonds is 1. The summed E-state index contributed by atoms with van der Waals surface area (Å²) in [6, 6.07) is 0. The topological polar surface area (TPSA) is 51.8 Å². The lowest BCUT2D eigenvalue weighted by Crippen LogP contribution is -2.33. The first-order valence-corrected chi connectivity index (χ1v) is 4.43. The van der Waals surface area contributed by atoms with Crippen LogP contribution >= 0.6 is 0 Å². The lowest BCUT2D eigenvalue weighted by Gasteiger charge is -1.97. The average Bonchev–Trinajstić information content (AvgIpc) is 2.16. The van der Waals surface area contributed by atoms with Crippen molar-refractivity contribution in [1.82, 2.24) is 9.97 Å². The summed E-state index contributed by atoms with van der Waals surface area (Å²) in [6.45, 7) is 6.11. The van der Waals surface area contributed by atoms with Gasteiger partial charge in [0.15, 0.2) is 0 Å². The van der Waals surface area contributed by atoms with Gasteiger partial charge in [0, 0.05) is 5.22 Å². The van der Waals surface area contributed by atoms with Crippen molar-refractivity contribution in [2.75, 3.05) is 5.73 Å². The molecular formula is C10H15N3. The molecule has 0 bridgehead atoms. The Morgan fingerprint density at radius 2 is 2.23 bits per heavy atom. The lowest BCUT2D eigenvalue weighted by atomic mass is 10.2. The highest BCUT2D eigenvalue weighted by Crippen LogP contribution is 1.93. The Bertz CT molecular complexity index is 407. The second-order valence-electron chi connectivity index (χ2n) is 2.94. The summed E-state index contributed by atoms with van der Waals surface area (Å²) in [5, 5.41) is 1.92. The minimum absolute atomic E-state index is 0.556. The molecule has 0 radical (unpaired) electrons. The summed E-state index contributed by atoms with van der Waals surface area (Å²) in [5.41, 5.74) is 6.97. The molecule has 0 aliphatic rings. The maximum Gasteiger partial charge on any atom is 0.134 e. The van der Waals surface area contributed by atoms with Crippen LogP contribution in [0.1, 0.15) is 27.2 Å². The van der Waals surface area contributed by atoms with Crippen LogP contribution in [0.3, 0.4) is 0 Å². The van der Waals surface area contributed by atoms with Crippen LogP contribution in [0, 0.1) is 0 Å². The molecular weight excluding hydrogens is 162 g/mol. The summed E-state index contributed by atoms with van der Waals surface area (Å²) < 4.78 is 0. The first-order chi connectivity index (χ1) is 6.20. The Morgan fingerprint density at radius 1 is 1.54 bits per heavy atom. The Balaban J connectivity index is 3.67. The van der Waals surface area contributed by atoms with Crippen LogP contribution in [0.15, 0.2) is 6.33 Å². The van der Waals surface area contributed by atoms with Crippen LogP contribution in [0.2, 0.25) is 0 Å². The molecule has 3 heteroatoms. The van der Waals surface area contributed by atoms with E-state index in [1.165, 1.54) is 11.9 Å². The van der Waals surface area contributed by atoms with Crippen molar-refractivity contribution < 1.29 is 0 Å². The normalized spacial score (nSPS) is 14.5. The van der Waals surface area contributed by atoms with Crippen molar-refractivity contribution in [2.45, 2.75) is 27.2 Å². The molecule has 0 fully saturated rings. The number of nitrogens with two attached hydrogens (primary N) is 1. The van der Waals surface area contributed by atoms with Gasteiger partial charge in [0.25, 0.3) is 0 Å². The van der Waals surface area contributed by atoms with Crippen LogP contribution in [-0.2, 0) is 0 Å². The fourth-order valence-corrected chi connectivity index (χ4v) is 1.20. The van der Waals surface area contributed by atoms with Crippen LogP contribution in [-0.4, -0.2) is 9.97 Å². The fourth-order valence-electron chi connectivity index (χ4n) is 1.20. The summed E-state index contributed by atoms with van der Waals surface area (Å²) in [4.78, 5) is 8.17. The van der Waals surface area contributed by atoms with Crippen LogP contribution in [0.25, 0.3) is 11.6 Å². The highest BCUT2D eigenvalue weighted by Gasteiger charge is 1.95. The van der Waals surface area contributed by atoms with Gasteiger partial charge in [-0.15, -0.1) is 0 Å². The zero-order chi connectivity index (χ0) is 9.84. The number of hydrogen-bond acceptors (Lipinski definition) is 3. The van der Waals surface area contributed by atoms with Crippen molar-refractivity contribution in [2.24, 2.45) is 0 Å². The third-order valence-corrected chi connectivity index (χ3v) is 2.14. The van der Waals surface area contributed by atoms with Crippen molar-refractivity contribution in [3.8, 4) is 0 Å². The van der Waals surface area contributed by atoms with E-state index in [2.05, 4.69) is 23.8 Å². The molecule has 0 spiro atoms. The van der Waals surface area contributed by atoms with Crippen molar-refractivity contribution >= 4 is 17.5 Å². The summed E-state index contributed by atoms with van der Waals surface area (Å²) in [5.74, 6) is 0.556. The highest BCUT2D eigenvalue weighted by molar-refractivity contribution is 5.45. The van der Waals surface area contributed by atoms with Gasteiger partial charge in [0.2, 0.25) is 0 Å². The number of aromatic nitrogens is 2. The van der Waals surface area contributed by atoms with E-state index in [9.17, 15) is 0 Å². The molecule has 0 atom stereocenters. The van der Waals surface area contributed by atoms with Crippen molar-refractivity contribution in [3.05, 3.63) is 16.9 Å². The zero-order valence-electron chi connectivity index (χ0n) is 8.33. The van der Waals surface area contributed by atoms with Crippen LogP contribution in [0.5, 0.6) is 0 Å². The van der Waals surface area contributed by atoms with E-state index in [0.29, 0.717) is 5.82 Å². The maximum absolute atomic E-state index is 5.73. The van der Waals surface area contributed by atoms with E-state index in [1.807, 2.05) is 13.0 Å². The van der Waals surface area contributed by atoms with Crippen LogP contribution in [0.4, 0.5) is 5.82 Å². The number of nitrogen functional groups attached to an aromatic ring is 1. The maximum atomic E-state index is 5.73. The van der Waals surface area contributed by atoms with E-state index < -0.39 is 0 Å². The second kappa shape index (κ2) is 4.03. The molecule has 13 heavy (non-hydrogen) atoms. The highest BCUT2D eigenvalue weighted by atomic mass is 14.9. The van der Waals surface area contributed by atoms with Gasteiger partial charge in [-0.2, -0.15) is 0 Å². The van der Waals surface area contributed by atoms with E-state index >= 15 is 0 Å². The predicted molar refractivity (Wildman–Crippen MR) is 55.2 cm³/mol. The quantitative estimate of drug-likeness (QED) is 0.677. The zero-order valence-corrected chi connectivity index (χ0v) is 8.33. The van der Waals surface area contributed by atoms with Gasteiger partial charge in [-0.25, -0.2) is 9.97 Å². The molecule has 1 rings (SSSR count). The van der Waals surface area contributed by atoms with E-state index in [-0.39, 0.29) is 0 Å². The van der Waals surface area contributed by atoms with E-state index in [1.54, 1.807) is 0 Å². The van der Waals surface area contributed by atoms with Gasteiger partial charge in [-0.3, -0.25) is 0 Å². The molecule has 2 N–H and O–H groups in total. The van der Waals surface area contributed by atoms with Crippen molar-refractivity contribution in [3.63, 3.8) is 0 Å². The van der Waals surface area contributed by atoms with Gasteiger partial charge < -0.3 is 5.73 Å². The summed E-state index contributed by atoms with van der Waals surface area (Å²) in [6.07, 6.45) is 4.44. The van der Waals surface area contributed by atoms with Crippen LogP contribution < -0.4 is 16.3 Å². The van der Waals surface area contributed by atoms with Gasteiger partial charge in [-0.1, -0.05) is 13.0 Å². The molecule has 0 aromatic carbocycles. The fraction of sp³-hybridized carbons (Fsp3) is 0.400.